The summed E-state index contributed by atoms with van der Waals surface area (Å²) >= 11 is 1.84. The number of ketones is 1. The Hall–Kier alpha value is 0.0200. The van der Waals surface area contributed by atoms with Crippen LogP contribution in [-0.4, -0.2) is 16.8 Å². The molecule has 0 aliphatic carbocycles. The molecule has 1 unspecified atom stereocenters. The van der Waals surface area contributed by atoms with Crippen molar-refractivity contribution in [3.05, 3.63) is 0 Å². The van der Waals surface area contributed by atoms with Crippen LogP contribution in [0.15, 0.2) is 0 Å². The summed E-state index contributed by atoms with van der Waals surface area (Å²) in [6.07, 6.45) is 3.08. The number of hydrogen-bond donors (Lipinski definition) is 0. The van der Waals surface area contributed by atoms with E-state index in [4.69, 9.17) is 0 Å². The van der Waals surface area contributed by atoms with Gasteiger partial charge in [-0.25, -0.2) is 0 Å². The van der Waals surface area contributed by atoms with Gasteiger partial charge in [0, 0.05) is 6.42 Å². The Balaban J connectivity index is 2.37. The van der Waals surface area contributed by atoms with Crippen LogP contribution in [0.1, 0.15) is 40.0 Å². The minimum atomic E-state index is 0.167. The zero-order valence-corrected chi connectivity index (χ0v) is 9.04. The molecule has 0 bridgehead atoms. The molecule has 0 aromatic rings. The van der Waals surface area contributed by atoms with Gasteiger partial charge in [-0.1, -0.05) is 20.8 Å². The van der Waals surface area contributed by atoms with E-state index in [-0.39, 0.29) is 5.41 Å². The second-order valence-corrected chi connectivity index (χ2v) is 6.02. The number of Topliss-reactive ketones (excluding diaryl/α,β-unsaturated/α-hetero) is 1. The zero-order valence-electron chi connectivity index (χ0n) is 8.22. The Morgan fingerprint density at radius 3 is 2.58 bits per heavy atom. The van der Waals surface area contributed by atoms with Gasteiger partial charge in [0.1, 0.15) is 5.78 Å². The summed E-state index contributed by atoms with van der Waals surface area (Å²) in [5.41, 5.74) is 0.167. The van der Waals surface area contributed by atoms with E-state index in [1.165, 1.54) is 12.2 Å². The van der Waals surface area contributed by atoms with Gasteiger partial charge < -0.3 is 0 Å². The Labute approximate surface area is 79.3 Å². The molecule has 0 saturated carbocycles. The summed E-state index contributed by atoms with van der Waals surface area (Å²) in [7, 11) is 0. The summed E-state index contributed by atoms with van der Waals surface area (Å²) in [4.78, 5) is 11.6. The smallest absolute Gasteiger partial charge is 0.146 e. The lowest BCUT2D eigenvalue weighted by atomic mass is 9.88. The first-order valence-electron chi connectivity index (χ1n) is 4.63. The molecule has 1 heterocycles. The largest absolute Gasteiger partial charge is 0.298 e. The Morgan fingerprint density at radius 2 is 2.17 bits per heavy atom. The number of hydrogen-bond acceptors (Lipinski definition) is 2. The number of carbonyl (C=O) groups excluding carboxylic acids is 1. The molecular formula is C10H18OS. The van der Waals surface area contributed by atoms with Gasteiger partial charge in [-0.05, 0) is 24.0 Å². The fourth-order valence-electron chi connectivity index (χ4n) is 1.47. The predicted molar refractivity (Wildman–Crippen MR) is 54.6 cm³/mol. The van der Waals surface area contributed by atoms with E-state index in [1.54, 1.807) is 0 Å². The summed E-state index contributed by atoms with van der Waals surface area (Å²) in [6, 6.07) is 0. The van der Waals surface area contributed by atoms with Crippen molar-refractivity contribution in [1.82, 2.24) is 0 Å². The van der Waals surface area contributed by atoms with Crippen molar-refractivity contribution in [2.45, 2.75) is 45.3 Å². The average Bonchev–Trinajstić information content (AvgIpc) is 2.32. The topological polar surface area (TPSA) is 17.1 Å². The maximum absolute atomic E-state index is 11.6. The van der Waals surface area contributed by atoms with Crippen LogP contribution in [0.2, 0.25) is 0 Å². The van der Waals surface area contributed by atoms with Gasteiger partial charge in [0.05, 0.1) is 5.25 Å². The van der Waals surface area contributed by atoms with Gasteiger partial charge in [-0.3, -0.25) is 4.79 Å². The maximum Gasteiger partial charge on any atom is 0.146 e. The minimum Gasteiger partial charge on any atom is -0.298 e. The highest BCUT2D eigenvalue weighted by Crippen LogP contribution is 2.30. The molecule has 0 radical (unpaired) electrons. The first-order valence-corrected chi connectivity index (χ1v) is 5.68. The molecule has 1 fully saturated rings. The second-order valence-electron chi connectivity index (χ2n) is 4.71. The molecule has 0 amide bonds. The SMILES string of the molecule is CC(C)(C)CC(=O)C1CCCS1. The highest BCUT2D eigenvalue weighted by atomic mass is 32.2. The first kappa shape index (κ1) is 10.1. The van der Waals surface area contributed by atoms with Gasteiger partial charge >= 0.3 is 0 Å². The van der Waals surface area contributed by atoms with Crippen LogP contribution in [0.3, 0.4) is 0 Å². The van der Waals surface area contributed by atoms with Crippen LogP contribution in [-0.2, 0) is 4.79 Å². The van der Waals surface area contributed by atoms with Crippen molar-refractivity contribution < 1.29 is 4.79 Å². The molecule has 70 valence electrons. The summed E-state index contributed by atoms with van der Waals surface area (Å²) in [5.74, 6) is 1.64. The normalized spacial score (nSPS) is 24.4. The van der Waals surface area contributed by atoms with Gasteiger partial charge in [0.2, 0.25) is 0 Å². The van der Waals surface area contributed by atoms with Crippen LogP contribution >= 0.6 is 11.8 Å². The summed E-state index contributed by atoms with van der Waals surface area (Å²) in [6.45, 7) is 6.39. The van der Waals surface area contributed by atoms with Crippen LogP contribution in [0.5, 0.6) is 0 Å². The molecule has 1 atom stereocenters. The van der Waals surface area contributed by atoms with E-state index in [0.717, 1.165) is 12.8 Å². The molecule has 0 aromatic carbocycles. The molecular weight excluding hydrogens is 168 g/mol. The van der Waals surface area contributed by atoms with E-state index in [1.807, 2.05) is 11.8 Å². The molecule has 1 rings (SSSR count). The van der Waals surface area contributed by atoms with E-state index in [2.05, 4.69) is 20.8 Å². The van der Waals surface area contributed by atoms with Crippen LogP contribution in [0, 0.1) is 5.41 Å². The van der Waals surface area contributed by atoms with Crippen molar-refractivity contribution in [2.24, 2.45) is 5.41 Å². The van der Waals surface area contributed by atoms with Crippen molar-refractivity contribution in [1.29, 1.82) is 0 Å². The van der Waals surface area contributed by atoms with Crippen molar-refractivity contribution in [2.75, 3.05) is 5.75 Å². The molecule has 1 nitrogen and oxygen atoms in total. The quantitative estimate of drug-likeness (QED) is 0.659. The monoisotopic (exact) mass is 186 g/mol. The van der Waals surface area contributed by atoms with Crippen molar-refractivity contribution in [3.8, 4) is 0 Å². The van der Waals surface area contributed by atoms with Gasteiger partial charge in [0.25, 0.3) is 0 Å². The fourth-order valence-corrected chi connectivity index (χ4v) is 2.69. The zero-order chi connectivity index (χ0) is 9.19. The standard InChI is InChI=1S/C10H18OS/c1-10(2,3)7-8(11)9-5-4-6-12-9/h9H,4-7H2,1-3H3. The molecule has 2 heteroatoms. The van der Waals surface area contributed by atoms with Gasteiger partial charge in [-0.15, -0.1) is 0 Å². The predicted octanol–water partition coefficient (Wildman–Crippen LogP) is 2.89. The molecule has 1 aliphatic rings. The van der Waals surface area contributed by atoms with Gasteiger partial charge in [-0.2, -0.15) is 11.8 Å². The molecule has 0 aromatic heterocycles. The van der Waals surface area contributed by atoms with Crippen LogP contribution in [0.25, 0.3) is 0 Å². The third-order valence-electron chi connectivity index (χ3n) is 1.99. The lowest BCUT2D eigenvalue weighted by Crippen LogP contribution is -2.20. The highest BCUT2D eigenvalue weighted by Gasteiger charge is 2.26. The highest BCUT2D eigenvalue weighted by molar-refractivity contribution is 8.00. The minimum absolute atomic E-state index is 0.167. The van der Waals surface area contributed by atoms with E-state index in [0.29, 0.717) is 11.0 Å². The molecule has 1 saturated heterocycles. The lowest BCUT2D eigenvalue weighted by Gasteiger charge is -2.18. The third-order valence-corrected chi connectivity index (χ3v) is 3.42. The Kier molecular flexibility index (Phi) is 3.22. The van der Waals surface area contributed by atoms with Crippen molar-refractivity contribution >= 4 is 17.5 Å². The van der Waals surface area contributed by atoms with Crippen LogP contribution < -0.4 is 0 Å². The third kappa shape index (κ3) is 3.18. The first-order chi connectivity index (χ1) is 5.49. The molecule has 0 spiro atoms. The van der Waals surface area contributed by atoms with E-state index < -0.39 is 0 Å². The molecule has 0 N–H and O–H groups in total. The maximum atomic E-state index is 11.6. The fraction of sp³-hybridized carbons (Fsp3) is 0.900. The molecule has 12 heavy (non-hydrogen) atoms. The average molecular weight is 186 g/mol. The van der Waals surface area contributed by atoms with Crippen molar-refractivity contribution in [3.63, 3.8) is 0 Å². The second kappa shape index (κ2) is 3.82. The van der Waals surface area contributed by atoms with E-state index in [9.17, 15) is 4.79 Å². The lowest BCUT2D eigenvalue weighted by molar-refractivity contribution is -0.120. The summed E-state index contributed by atoms with van der Waals surface area (Å²) in [5, 5.41) is 0.323. The summed E-state index contributed by atoms with van der Waals surface area (Å²) < 4.78 is 0. The van der Waals surface area contributed by atoms with Gasteiger partial charge in [0.15, 0.2) is 0 Å². The number of rotatable bonds is 2. The Morgan fingerprint density at radius 1 is 1.50 bits per heavy atom. The number of thioether (sulfide) groups is 1. The Bertz CT molecular complexity index is 163. The van der Waals surface area contributed by atoms with Crippen LogP contribution in [0.4, 0.5) is 0 Å². The number of carbonyl (C=O) groups is 1. The van der Waals surface area contributed by atoms with E-state index >= 15 is 0 Å². The molecule has 1 aliphatic heterocycles.